The first-order valence-electron chi connectivity index (χ1n) is 10.3. The number of rotatable bonds is 6. The zero-order valence-corrected chi connectivity index (χ0v) is 18.2. The summed E-state index contributed by atoms with van der Waals surface area (Å²) in [6.45, 7) is 2.69. The summed E-state index contributed by atoms with van der Waals surface area (Å²) in [5.41, 5.74) is 1.00. The Morgan fingerprint density at radius 1 is 1.23 bits per heavy atom. The number of benzene rings is 1. The molecule has 3 aromatic rings. The Hall–Kier alpha value is -3.13. The van der Waals surface area contributed by atoms with Crippen LogP contribution in [0.4, 0.5) is 9.39 Å². The SMILES string of the molecule is CN=C(NCc1ccc(Oc2cccc(F)c2)nc1)NC1CCN(c2cccs2)CC1. The van der Waals surface area contributed by atoms with E-state index in [0.29, 0.717) is 24.2 Å². The number of guanidine groups is 1. The summed E-state index contributed by atoms with van der Waals surface area (Å²) in [5, 5.41) is 10.3. The first-order chi connectivity index (χ1) is 15.2. The molecule has 2 N–H and O–H groups in total. The van der Waals surface area contributed by atoms with E-state index in [4.69, 9.17) is 4.74 Å². The molecule has 0 atom stereocenters. The average Bonchev–Trinajstić information content (AvgIpc) is 3.33. The van der Waals surface area contributed by atoms with Crippen LogP contribution in [0.25, 0.3) is 0 Å². The molecule has 6 nitrogen and oxygen atoms in total. The van der Waals surface area contributed by atoms with Gasteiger partial charge >= 0.3 is 0 Å². The highest BCUT2D eigenvalue weighted by Crippen LogP contribution is 2.25. The Kier molecular flexibility index (Phi) is 6.99. The molecule has 31 heavy (non-hydrogen) atoms. The number of halogens is 1. The second kappa shape index (κ2) is 10.3. The predicted molar refractivity (Wildman–Crippen MR) is 124 cm³/mol. The normalized spacial score (nSPS) is 15.0. The Bertz CT molecular complexity index is 985. The van der Waals surface area contributed by atoms with Gasteiger partial charge in [-0.3, -0.25) is 4.99 Å². The van der Waals surface area contributed by atoms with Crippen LogP contribution in [0.1, 0.15) is 18.4 Å². The Balaban J connectivity index is 1.23. The number of aromatic nitrogens is 1. The van der Waals surface area contributed by atoms with Crippen molar-refractivity contribution in [1.82, 2.24) is 15.6 Å². The Labute approximate surface area is 185 Å². The van der Waals surface area contributed by atoms with E-state index in [1.165, 1.54) is 17.1 Å². The van der Waals surface area contributed by atoms with Crippen molar-refractivity contribution in [2.24, 2.45) is 4.99 Å². The van der Waals surface area contributed by atoms with Crippen LogP contribution in [0.3, 0.4) is 0 Å². The first-order valence-corrected chi connectivity index (χ1v) is 11.2. The van der Waals surface area contributed by atoms with Crippen LogP contribution in [0.15, 0.2) is 65.1 Å². The van der Waals surface area contributed by atoms with Crippen molar-refractivity contribution in [2.75, 3.05) is 25.0 Å². The van der Waals surface area contributed by atoms with Crippen molar-refractivity contribution in [3.8, 4) is 11.6 Å². The van der Waals surface area contributed by atoms with Crippen molar-refractivity contribution in [2.45, 2.75) is 25.4 Å². The Morgan fingerprint density at radius 3 is 2.77 bits per heavy atom. The minimum absolute atomic E-state index is 0.339. The van der Waals surface area contributed by atoms with Gasteiger partial charge in [-0.1, -0.05) is 12.1 Å². The number of aliphatic imine (C=N–C) groups is 1. The lowest BCUT2D eigenvalue weighted by Gasteiger charge is -2.33. The van der Waals surface area contributed by atoms with E-state index >= 15 is 0 Å². The molecular weight excluding hydrogens is 413 g/mol. The van der Waals surface area contributed by atoms with Crippen LogP contribution in [-0.4, -0.2) is 37.1 Å². The van der Waals surface area contributed by atoms with Crippen LogP contribution >= 0.6 is 11.3 Å². The summed E-state index contributed by atoms with van der Waals surface area (Å²) < 4.78 is 18.9. The fourth-order valence-corrected chi connectivity index (χ4v) is 4.28. The molecule has 0 unspecified atom stereocenters. The monoisotopic (exact) mass is 439 g/mol. The van der Waals surface area contributed by atoms with Crippen molar-refractivity contribution in [3.05, 3.63) is 71.5 Å². The average molecular weight is 440 g/mol. The number of hydrogen-bond donors (Lipinski definition) is 2. The molecule has 1 aromatic carbocycles. The van der Waals surface area contributed by atoms with Crippen LogP contribution < -0.4 is 20.3 Å². The van der Waals surface area contributed by atoms with Crippen LogP contribution in [-0.2, 0) is 6.54 Å². The van der Waals surface area contributed by atoms with Gasteiger partial charge in [-0.05, 0) is 48.1 Å². The van der Waals surface area contributed by atoms with Crippen molar-refractivity contribution >= 4 is 22.3 Å². The number of pyridine rings is 1. The summed E-state index contributed by atoms with van der Waals surface area (Å²) in [7, 11) is 1.78. The van der Waals surface area contributed by atoms with E-state index in [1.807, 2.05) is 6.07 Å². The zero-order chi connectivity index (χ0) is 21.5. The molecule has 162 valence electrons. The number of thiophene rings is 1. The molecule has 4 rings (SSSR count). The van der Waals surface area contributed by atoms with Gasteiger partial charge in [-0.25, -0.2) is 9.37 Å². The van der Waals surface area contributed by atoms with Gasteiger partial charge in [0.15, 0.2) is 5.96 Å². The maximum atomic E-state index is 13.3. The summed E-state index contributed by atoms with van der Waals surface area (Å²) in [5.74, 6) is 1.30. The quantitative estimate of drug-likeness (QED) is 0.440. The third-order valence-electron chi connectivity index (χ3n) is 5.15. The lowest BCUT2D eigenvalue weighted by Crippen LogP contribution is -2.48. The molecule has 2 aromatic heterocycles. The van der Waals surface area contributed by atoms with Crippen LogP contribution in [0.5, 0.6) is 11.6 Å². The molecule has 8 heteroatoms. The molecule has 0 saturated carbocycles. The van der Waals surface area contributed by atoms with E-state index in [-0.39, 0.29) is 5.82 Å². The molecule has 0 amide bonds. The molecule has 0 spiro atoms. The standard InChI is InChI=1S/C23H26FN5OS/c1-25-23(28-19-9-11-29(12-10-19)22-6-3-13-31-22)27-16-17-7-8-21(26-15-17)30-20-5-2-4-18(24)14-20/h2-8,13-15,19H,9-12,16H2,1H3,(H2,25,27,28). The number of hydrogen-bond acceptors (Lipinski definition) is 5. The molecule has 1 aliphatic heterocycles. The lowest BCUT2D eigenvalue weighted by atomic mass is 10.1. The van der Waals surface area contributed by atoms with E-state index in [0.717, 1.165) is 37.5 Å². The molecule has 1 aliphatic rings. The number of anilines is 1. The third kappa shape index (κ3) is 5.95. The van der Waals surface area contributed by atoms with Crippen molar-refractivity contribution < 1.29 is 9.13 Å². The minimum Gasteiger partial charge on any atom is -0.439 e. The van der Waals surface area contributed by atoms with E-state index in [2.05, 4.69) is 43.0 Å². The van der Waals surface area contributed by atoms with Gasteiger partial charge in [-0.15, -0.1) is 11.3 Å². The molecule has 3 heterocycles. The highest BCUT2D eigenvalue weighted by atomic mass is 32.1. The number of nitrogens with zero attached hydrogens (tertiary/aromatic N) is 3. The number of nitrogens with one attached hydrogen (secondary N) is 2. The van der Waals surface area contributed by atoms with Crippen molar-refractivity contribution in [1.29, 1.82) is 0 Å². The van der Waals surface area contributed by atoms with Crippen LogP contribution in [0, 0.1) is 5.82 Å². The van der Waals surface area contributed by atoms with E-state index < -0.39 is 0 Å². The highest BCUT2D eigenvalue weighted by Gasteiger charge is 2.20. The summed E-state index contributed by atoms with van der Waals surface area (Å²) in [6.07, 6.45) is 3.90. The Morgan fingerprint density at radius 2 is 2.10 bits per heavy atom. The number of piperidine rings is 1. The molecule has 1 saturated heterocycles. The highest BCUT2D eigenvalue weighted by molar-refractivity contribution is 7.14. The molecule has 0 aliphatic carbocycles. The lowest BCUT2D eigenvalue weighted by molar-refractivity contribution is 0.457. The van der Waals surface area contributed by atoms with Crippen molar-refractivity contribution in [3.63, 3.8) is 0 Å². The summed E-state index contributed by atoms with van der Waals surface area (Å²) in [4.78, 5) is 11.1. The van der Waals surface area contributed by atoms with E-state index in [1.54, 1.807) is 42.8 Å². The maximum Gasteiger partial charge on any atom is 0.219 e. The fraction of sp³-hybridized carbons (Fsp3) is 0.304. The fourth-order valence-electron chi connectivity index (χ4n) is 3.49. The van der Waals surface area contributed by atoms with Gasteiger partial charge in [0.25, 0.3) is 0 Å². The first kappa shape index (κ1) is 21.1. The van der Waals surface area contributed by atoms with Gasteiger partial charge in [0.2, 0.25) is 5.88 Å². The second-order valence-electron chi connectivity index (χ2n) is 7.35. The third-order valence-corrected chi connectivity index (χ3v) is 6.08. The summed E-state index contributed by atoms with van der Waals surface area (Å²) >= 11 is 1.79. The minimum atomic E-state index is -0.339. The molecule has 1 fully saturated rings. The maximum absolute atomic E-state index is 13.3. The molecule has 0 bridgehead atoms. The van der Waals surface area contributed by atoms with Gasteiger partial charge in [-0.2, -0.15) is 0 Å². The number of ether oxygens (including phenoxy) is 1. The topological polar surface area (TPSA) is 61.8 Å². The smallest absolute Gasteiger partial charge is 0.219 e. The predicted octanol–water partition coefficient (Wildman–Crippen LogP) is 4.41. The van der Waals surface area contributed by atoms with Crippen LogP contribution in [0.2, 0.25) is 0 Å². The van der Waals surface area contributed by atoms with Gasteiger partial charge in [0.05, 0.1) is 5.00 Å². The zero-order valence-electron chi connectivity index (χ0n) is 17.4. The van der Waals surface area contributed by atoms with Gasteiger partial charge < -0.3 is 20.3 Å². The second-order valence-corrected chi connectivity index (χ2v) is 8.27. The summed E-state index contributed by atoms with van der Waals surface area (Å²) in [6, 6.07) is 14.4. The van der Waals surface area contributed by atoms with E-state index in [9.17, 15) is 4.39 Å². The largest absolute Gasteiger partial charge is 0.439 e. The van der Waals surface area contributed by atoms with Gasteiger partial charge in [0.1, 0.15) is 11.6 Å². The van der Waals surface area contributed by atoms with Gasteiger partial charge in [0, 0.05) is 51.1 Å². The molecular formula is C23H26FN5OS. The molecule has 0 radical (unpaired) electrons.